The largest absolute Gasteiger partial charge is 0.444 e. The van der Waals surface area contributed by atoms with Crippen molar-refractivity contribution in [2.75, 3.05) is 18.5 Å². The van der Waals surface area contributed by atoms with Crippen molar-refractivity contribution in [2.45, 2.75) is 0 Å². The van der Waals surface area contributed by atoms with Crippen LogP contribution in [0.2, 0.25) is 0 Å². The number of nitrogens with one attached hydrogen (secondary N) is 2. The Labute approximate surface area is 129 Å². The summed E-state index contributed by atoms with van der Waals surface area (Å²) in [7, 11) is 0. The second-order valence-corrected chi connectivity index (χ2v) is 4.90. The molecule has 0 aliphatic carbocycles. The van der Waals surface area contributed by atoms with Crippen molar-refractivity contribution in [1.29, 1.82) is 0 Å². The summed E-state index contributed by atoms with van der Waals surface area (Å²) < 4.78 is 5.61. The molecule has 0 unspecified atom stereocenters. The van der Waals surface area contributed by atoms with Crippen molar-refractivity contribution < 1.29 is 19.1 Å². The maximum Gasteiger partial charge on any atom is 0.291 e. The molecule has 110 valence electrons. The molecule has 2 amide bonds. The zero-order chi connectivity index (χ0) is 15.2. The Balaban J connectivity index is 2.07. The van der Waals surface area contributed by atoms with Gasteiger partial charge in [0.15, 0.2) is 10.4 Å². The van der Waals surface area contributed by atoms with Crippen LogP contribution < -0.4 is 10.6 Å². The summed E-state index contributed by atoms with van der Waals surface area (Å²) in [5.41, 5.74) is 0.867. The van der Waals surface area contributed by atoms with E-state index in [1.807, 2.05) is 0 Å². The average Bonchev–Trinajstić information content (AvgIpc) is 2.91. The van der Waals surface area contributed by atoms with E-state index in [-0.39, 0.29) is 24.8 Å². The number of furan rings is 1. The lowest BCUT2D eigenvalue weighted by atomic mass is 10.2. The topological polar surface area (TPSA) is 91.6 Å². The molecule has 6 nitrogen and oxygen atoms in total. The zero-order valence-electron chi connectivity index (χ0n) is 10.9. The smallest absolute Gasteiger partial charge is 0.291 e. The first-order valence-electron chi connectivity index (χ1n) is 6.16. The molecule has 2 rings (SSSR count). The van der Waals surface area contributed by atoms with Crippen LogP contribution in [-0.4, -0.2) is 30.1 Å². The Bertz CT molecular complexity index is 654. The van der Waals surface area contributed by atoms with Gasteiger partial charge >= 0.3 is 0 Å². The number of hydrogen-bond donors (Lipinski definition) is 3. The Morgan fingerprint density at radius 1 is 1.19 bits per heavy atom. The molecule has 0 aliphatic rings. The van der Waals surface area contributed by atoms with Crippen LogP contribution in [0, 0.1) is 0 Å². The van der Waals surface area contributed by atoms with Crippen LogP contribution in [0.3, 0.4) is 0 Å². The van der Waals surface area contributed by atoms with Gasteiger partial charge in [0.25, 0.3) is 11.8 Å². The second-order valence-electron chi connectivity index (χ2n) is 4.12. The summed E-state index contributed by atoms with van der Waals surface area (Å²) in [6.07, 6.45) is 0. The zero-order valence-corrected chi connectivity index (χ0v) is 12.5. The van der Waals surface area contributed by atoms with E-state index >= 15 is 0 Å². The molecule has 0 atom stereocenters. The summed E-state index contributed by atoms with van der Waals surface area (Å²) in [6.45, 7) is 0.0470. The van der Waals surface area contributed by atoms with Crippen LogP contribution in [0.4, 0.5) is 5.69 Å². The molecule has 0 spiro atoms. The number of benzene rings is 1. The standard InChI is InChI=1S/C14H13BrN2O4/c15-12-5-4-11(21-12)14(20)17-10-3-1-2-9(8-10)13(19)16-6-7-18/h1-5,8,18H,6-7H2,(H,16,19)(H,17,20). The van der Waals surface area contributed by atoms with Gasteiger partial charge in [-0.1, -0.05) is 6.07 Å². The van der Waals surface area contributed by atoms with E-state index in [0.29, 0.717) is 15.9 Å². The summed E-state index contributed by atoms with van der Waals surface area (Å²) in [6, 6.07) is 9.64. The number of aliphatic hydroxyl groups is 1. The molecule has 21 heavy (non-hydrogen) atoms. The third-order valence-corrected chi connectivity index (χ3v) is 3.00. The van der Waals surface area contributed by atoms with Gasteiger partial charge in [0.05, 0.1) is 6.61 Å². The average molecular weight is 353 g/mol. The monoisotopic (exact) mass is 352 g/mol. The molecule has 2 aromatic rings. The fourth-order valence-electron chi connectivity index (χ4n) is 1.64. The van der Waals surface area contributed by atoms with Gasteiger partial charge in [0.2, 0.25) is 0 Å². The van der Waals surface area contributed by atoms with E-state index in [9.17, 15) is 9.59 Å². The molecule has 0 fully saturated rings. The van der Waals surface area contributed by atoms with Gasteiger partial charge in [-0.3, -0.25) is 9.59 Å². The predicted molar refractivity (Wildman–Crippen MR) is 80.2 cm³/mol. The van der Waals surface area contributed by atoms with E-state index in [4.69, 9.17) is 9.52 Å². The number of halogens is 1. The number of amides is 2. The van der Waals surface area contributed by atoms with Gasteiger partial charge in [0, 0.05) is 17.8 Å². The highest BCUT2D eigenvalue weighted by Gasteiger charge is 2.12. The fourth-order valence-corrected chi connectivity index (χ4v) is 1.95. The molecule has 0 radical (unpaired) electrons. The third kappa shape index (κ3) is 4.17. The lowest BCUT2D eigenvalue weighted by Crippen LogP contribution is -2.26. The van der Waals surface area contributed by atoms with Gasteiger partial charge in [-0.25, -0.2) is 0 Å². The second kappa shape index (κ2) is 7.05. The summed E-state index contributed by atoms with van der Waals surface area (Å²) in [5.74, 6) is -0.563. The van der Waals surface area contributed by atoms with Gasteiger partial charge in [0.1, 0.15) is 0 Å². The molecule has 1 aromatic carbocycles. The van der Waals surface area contributed by atoms with Gasteiger partial charge in [-0.2, -0.15) is 0 Å². The van der Waals surface area contributed by atoms with Crippen LogP contribution in [0.15, 0.2) is 45.5 Å². The van der Waals surface area contributed by atoms with E-state index in [1.165, 1.54) is 6.07 Å². The molecule has 0 aliphatic heterocycles. The Kier molecular flexibility index (Phi) is 5.13. The molecule has 1 aromatic heterocycles. The van der Waals surface area contributed by atoms with Crippen LogP contribution >= 0.6 is 15.9 Å². The third-order valence-electron chi connectivity index (χ3n) is 2.58. The number of hydrogen-bond acceptors (Lipinski definition) is 4. The number of anilines is 1. The molecule has 0 saturated heterocycles. The van der Waals surface area contributed by atoms with Crippen molar-refractivity contribution in [3.8, 4) is 0 Å². The number of carbonyl (C=O) groups excluding carboxylic acids is 2. The molecule has 3 N–H and O–H groups in total. The molecular weight excluding hydrogens is 340 g/mol. The summed E-state index contributed by atoms with van der Waals surface area (Å²) in [5, 5.41) is 13.9. The maximum absolute atomic E-state index is 11.9. The van der Waals surface area contributed by atoms with Crippen molar-refractivity contribution in [3.63, 3.8) is 0 Å². The molecule has 1 heterocycles. The van der Waals surface area contributed by atoms with E-state index in [2.05, 4.69) is 26.6 Å². The fraction of sp³-hybridized carbons (Fsp3) is 0.143. The minimum atomic E-state index is -0.409. The van der Waals surface area contributed by atoms with Crippen molar-refractivity contribution in [2.24, 2.45) is 0 Å². The number of rotatable bonds is 5. The Morgan fingerprint density at radius 2 is 2.00 bits per heavy atom. The van der Waals surface area contributed by atoms with E-state index in [0.717, 1.165) is 0 Å². The van der Waals surface area contributed by atoms with Crippen LogP contribution in [0.5, 0.6) is 0 Å². The van der Waals surface area contributed by atoms with Crippen LogP contribution in [0.1, 0.15) is 20.9 Å². The van der Waals surface area contributed by atoms with E-state index < -0.39 is 5.91 Å². The Hall–Kier alpha value is -2.12. The number of aliphatic hydroxyl groups excluding tert-OH is 1. The highest BCUT2D eigenvalue weighted by atomic mass is 79.9. The highest BCUT2D eigenvalue weighted by Crippen LogP contribution is 2.16. The predicted octanol–water partition coefficient (Wildman–Crippen LogP) is 2.02. The van der Waals surface area contributed by atoms with Crippen LogP contribution in [-0.2, 0) is 0 Å². The van der Waals surface area contributed by atoms with Crippen molar-refractivity contribution >= 4 is 33.4 Å². The lowest BCUT2D eigenvalue weighted by molar-refractivity contribution is 0.0943. The minimum Gasteiger partial charge on any atom is -0.444 e. The van der Waals surface area contributed by atoms with Crippen molar-refractivity contribution in [3.05, 3.63) is 52.4 Å². The summed E-state index contributed by atoms with van der Waals surface area (Å²) >= 11 is 3.12. The van der Waals surface area contributed by atoms with Gasteiger partial charge in [-0.15, -0.1) is 0 Å². The molecule has 7 heteroatoms. The molecular formula is C14H13BrN2O4. The lowest BCUT2D eigenvalue weighted by Gasteiger charge is -2.06. The minimum absolute atomic E-state index is 0.129. The normalized spacial score (nSPS) is 10.2. The molecule has 0 bridgehead atoms. The first-order valence-corrected chi connectivity index (χ1v) is 6.95. The maximum atomic E-state index is 11.9. The van der Waals surface area contributed by atoms with Crippen molar-refractivity contribution in [1.82, 2.24) is 5.32 Å². The first kappa shape index (κ1) is 15.3. The summed E-state index contributed by atoms with van der Waals surface area (Å²) in [4.78, 5) is 23.7. The van der Waals surface area contributed by atoms with E-state index in [1.54, 1.807) is 30.3 Å². The van der Waals surface area contributed by atoms with Gasteiger partial charge in [-0.05, 0) is 46.3 Å². The number of carbonyl (C=O) groups is 2. The first-order chi connectivity index (χ1) is 10.1. The Morgan fingerprint density at radius 3 is 2.67 bits per heavy atom. The SMILES string of the molecule is O=C(NCCO)c1cccc(NC(=O)c2ccc(Br)o2)c1. The van der Waals surface area contributed by atoms with Crippen LogP contribution in [0.25, 0.3) is 0 Å². The highest BCUT2D eigenvalue weighted by molar-refractivity contribution is 9.10. The molecule has 0 saturated carbocycles. The quantitative estimate of drug-likeness (QED) is 0.767. The van der Waals surface area contributed by atoms with Gasteiger partial charge < -0.3 is 20.2 Å².